The molecule has 188 valence electrons. The number of rotatable bonds is 4. The summed E-state index contributed by atoms with van der Waals surface area (Å²) >= 11 is 12.8. The van der Waals surface area contributed by atoms with Gasteiger partial charge in [0.1, 0.15) is 11.0 Å². The number of nitrogens with one attached hydrogen (secondary N) is 2. The summed E-state index contributed by atoms with van der Waals surface area (Å²) in [7, 11) is -1.15. The summed E-state index contributed by atoms with van der Waals surface area (Å²) in [5, 5.41) is 0.997. The Labute approximate surface area is 218 Å². The average molecular weight is 537 g/mol. The van der Waals surface area contributed by atoms with Crippen molar-refractivity contribution in [3.8, 4) is 11.1 Å². The molecule has 7 nitrogen and oxygen atoms in total. The predicted molar refractivity (Wildman–Crippen MR) is 143 cm³/mol. The van der Waals surface area contributed by atoms with Crippen LogP contribution >= 0.6 is 23.2 Å². The first-order valence-electron chi connectivity index (χ1n) is 11.9. The van der Waals surface area contributed by atoms with E-state index in [0.717, 1.165) is 53.9 Å². The van der Waals surface area contributed by atoms with Crippen LogP contribution in [0.2, 0.25) is 10.0 Å². The summed E-state index contributed by atoms with van der Waals surface area (Å²) in [4.78, 5) is 15.0. The lowest BCUT2D eigenvalue weighted by atomic mass is 9.73. The molecule has 2 aromatic heterocycles. The number of piperidine rings is 1. The van der Waals surface area contributed by atoms with Crippen molar-refractivity contribution in [1.82, 2.24) is 19.7 Å². The average Bonchev–Trinajstić information content (AvgIpc) is 3.42. The van der Waals surface area contributed by atoms with E-state index in [0.29, 0.717) is 16.7 Å². The van der Waals surface area contributed by atoms with Crippen molar-refractivity contribution in [2.24, 2.45) is 5.41 Å². The predicted octanol–water partition coefficient (Wildman–Crippen LogP) is 5.36. The summed E-state index contributed by atoms with van der Waals surface area (Å²) < 4.78 is 22.1. The van der Waals surface area contributed by atoms with Crippen LogP contribution in [0.15, 0.2) is 30.7 Å². The molecule has 2 aliphatic heterocycles. The minimum absolute atomic E-state index is 0.0204. The van der Waals surface area contributed by atoms with Crippen molar-refractivity contribution in [2.45, 2.75) is 57.4 Å². The van der Waals surface area contributed by atoms with Crippen molar-refractivity contribution in [3.05, 3.63) is 40.8 Å². The van der Waals surface area contributed by atoms with Gasteiger partial charge in [-0.3, -0.25) is 0 Å². The van der Waals surface area contributed by atoms with Crippen LogP contribution in [-0.2, 0) is 15.7 Å². The number of imidazole rings is 1. The Morgan fingerprint density at radius 2 is 1.94 bits per heavy atom. The number of ether oxygens (including phenoxy) is 1. The lowest BCUT2D eigenvalue weighted by molar-refractivity contribution is 0.0973. The first kappa shape index (κ1) is 25.0. The molecule has 2 saturated heterocycles. The van der Waals surface area contributed by atoms with Crippen molar-refractivity contribution in [1.29, 1.82) is 0 Å². The van der Waals surface area contributed by atoms with E-state index in [2.05, 4.69) is 26.5 Å². The molecule has 1 spiro atoms. The summed E-state index contributed by atoms with van der Waals surface area (Å²) in [6.45, 7) is 10.4. The Balaban J connectivity index is 1.40. The molecule has 0 saturated carbocycles. The number of aromatic amines is 1. The van der Waals surface area contributed by atoms with Gasteiger partial charge in [-0.15, -0.1) is 0 Å². The van der Waals surface area contributed by atoms with Crippen LogP contribution in [0.25, 0.3) is 22.2 Å². The molecule has 10 heteroatoms. The number of hydrogen-bond donors (Lipinski definition) is 2. The lowest BCUT2D eigenvalue weighted by Crippen LogP contribution is -2.55. The quantitative estimate of drug-likeness (QED) is 0.469. The summed E-state index contributed by atoms with van der Waals surface area (Å²) in [5.74, 6) is 0.879. The van der Waals surface area contributed by atoms with Crippen molar-refractivity contribution in [3.63, 3.8) is 0 Å². The third-order valence-corrected chi connectivity index (χ3v) is 9.69. The summed E-state index contributed by atoms with van der Waals surface area (Å²) in [6.07, 6.45) is 5.40. The molecular weight excluding hydrogens is 505 g/mol. The molecule has 3 atom stereocenters. The van der Waals surface area contributed by atoms with Crippen LogP contribution in [0.4, 0.5) is 5.82 Å². The maximum absolute atomic E-state index is 12.9. The van der Waals surface area contributed by atoms with Gasteiger partial charge in [0.15, 0.2) is 5.82 Å². The third-order valence-electron chi connectivity index (χ3n) is 7.29. The number of fused-ring (bicyclic) bond motifs is 1. The van der Waals surface area contributed by atoms with E-state index < -0.39 is 11.0 Å². The Morgan fingerprint density at radius 1 is 1.20 bits per heavy atom. The first-order chi connectivity index (χ1) is 16.6. The first-order valence-corrected chi connectivity index (χ1v) is 13.8. The van der Waals surface area contributed by atoms with Crippen LogP contribution in [0.1, 0.15) is 40.5 Å². The van der Waals surface area contributed by atoms with Gasteiger partial charge in [-0.25, -0.2) is 18.9 Å². The van der Waals surface area contributed by atoms with Crippen LogP contribution in [-0.4, -0.2) is 55.8 Å². The standard InChI is InChI=1S/C25H31Cl2N5O2S/c1-15-22(31-35(33)24(2,3)4)25(13-34-15)8-10-32(11-9-25)23-21-20(29-14-30-21)17(12-28-23)16-6-5-7-18(26)19(16)27/h5-7,12,14-15,22,31H,8-11,13H2,1-4H3,(H,29,30). The minimum atomic E-state index is -1.15. The molecule has 2 N–H and O–H groups in total. The number of H-pyrrole nitrogens is 1. The molecule has 5 rings (SSSR count). The second-order valence-electron chi connectivity index (χ2n) is 10.6. The molecule has 0 aliphatic carbocycles. The fraction of sp³-hybridized carbons (Fsp3) is 0.520. The number of pyridine rings is 1. The lowest BCUT2D eigenvalue weighted by Gasteiger charge is -2.43. The minimum Gasteiger partial charge on any atom is -0.376 e. The highest BCUT2D eigenvalue weighted by Gasteiger charge is 2.50. The van der Waals surface area contributed by atoms with E-state index in [9.17, 15) is 4.21 Å². The maximum atomic E-state index is 12.9. The van der Waals surface area contributed by atoms with E-state index in [4.69, 9.17) is 32.9 Å². The zero-order valence-corrected chi connectivity index (χ0v) is 22.7. The summed E-state index contributed by atoms with van der Waals surface area (Å²) in [6, 6.07) is 5.63. The number of halogens is 2. The van der Waals surface area contributed by atoms with Crippen LogP contribution in [0, 0.1) is 5.41 Å². The van der Waals surface area contributed by atoms with Gasteiger partial charge in [0.2, 0.25) is 0 Å². The molecule has 1 aromatic carbocycles. The van der Waals surface area contributed by atoms with Crippen molar-refractivity contribution in [2.75, 3.05) is 24.6 Å². The van der Waals surface area contributed by atoms with Crippen LogP contribution in [0.3, 0.4) is 0 Å². The van der Waals surface area contributed by atoms with Gasteiger partial charge in [-0.05, 0) is 46.6 Å². The van der Waals surface area contributed by atoms with Gasteiger partial charge >= 0.3 is 0 Å². The third kappa shape index (κ3) is 4.48. The highest BCUT2D eigenvalue weighted by molar-refractivity contribution is 7.84. The second kappa shape index (κ2) is 9.30. The van der Waals surface area contributed by atoms with Gasteiger partial charge in [0, 0.05) is 35.8 Å². The fourth-order valence-corrected chi connectivity index (χ4v) is 6.61. The number of aromatic nitrogens is 3. The number of benzene rings is 1. The summed E-state index contributed by atoms with van der Waals surface area (Å²) in [5.41, 5.74) is 3.31. The van der Waals surface area contributed by atoms with Crippen LogP contribution in [0.5, 0.6) is 0 Å². The van der Waals surface area contributed by atoms with Gasteiger partial charge in [-0.1, -0.05) is 35.3 Å². The smallest absolute Gasteiger partial charge is 0.154 e. The normalized spacial score (nSPS) is 23.3. The van der Waals surface area contributed by atoms with E-state index in [-0.39, 0.29) is 22.3 Å². The Kier molecular flexibility index (Phi) is 6.64. The molecular formula is C25H31Cl2N5O2S. The number of nitrogens with zero attached hydrogens (tertiary/aromatic N) is 3. The zero-order valence-electron chi connectivity index (χ0n) is 20.4. The molecule has 3 unspecified atom stereocenters. The maximum Gasteiger partial charge on any atom is 0.154 e. The topological polar surface area (TPSA) is 83.1 Å². The van der Waals surface area contributed by atoms with Crippen molar-refractivity contribution < 1.29 is 8.95 Å². The van der Waals surface area contributed by atoms with Crippen LogP contribution < -0.4 is 9.62 Å². The molecule has 2 aliphatic rings. The van der Waals surface area contributed by atoms with Gasteiger partial charge in [0.05, 0.1) is 50.9 Å². The van der Waals surface area contributed by atoms with Gasteiger partial charge in [-0.2, -0.15) is 0 Å². The molecule has 0 bridgehead atoms. The van der Waals surface area contributed by atoms with E-state index in [1.165, 1.54) is 0 Å². The molecule has 4 heterocycles. The number of hydrogen-bond acceptors (Lipinski definition) is 5. The molecule has 0 amide bonds. The number of anilines is 1. The van der Waals surface area contributed by atoms with Crippen molar-refractivity contribution >= 4 is 51.0 Å². The molecule has 2 fully saturated rings. The molecule has 3 aromatic rings. The van der Waals surface area contributed by atoms with Gasteiger partial charge < -0.3 is 14.6 Å². The Bertz CT molecular complexity index is 1270. The second-order valence-corrected chi connectivity index (χ2v) is 13.3. The Hall–Kier alpha value is -1.71. The highest BCUT2D eigenvalue weighted by atomic mass is 35.5. The van der Waals surface area contributed by atoms with E-state index in [1.807, 2.05) is 39.1 Å². The largest absolute Gasteiger partial charge is 0.376 e. The SMILES string of the molecule is CC1OCC2(CCN(c3ncc(-c4cccc(Cl)c4Cl)c4nc[nH]c34)CC2)C1NS(=O)C(C)(C)C. The molecule has 35 heavy (non-hydrogen) atoms. The highest BCUT2D eigenvalue weighted by Crippen LogP contribution is 2.44. The van der Waals surface area contributed by atoms with E-state index in [1.54, 1.807) is 12.4 Å². The van der Waals surface area contributed by atoms with Gasteiger partial charge in [0.25, 0.3) is 0 Å². The van der Waals surface area contributed by atoms with E-state index >= 15 is 0 Å². The molecule has 0 radical (unpaired) electrons. The Morgan fingerprint density at radius 3 is 2.66 bits per heavy atom. The monoisotopic (exact) mass is 535 g/mol. The fourth-order valence-electron chi connectivity index (χ4n) is 5.18. The zero-order chi connectivity index (χ0) is 25.0.